The summed E-state index contributed by atoms with van der Waals surface area (Å²) in [4.78, 5) is 11.9. The van der Waals surface area contributed by atoms with Gasteiger partial charge in [-0.2, -0.15) is 0 Å². The summed E-state index contributed by atoms with van der Waals surface area (Å²) in [6.07, 6.45) is 2.36. The molecule has 0 heterocycles. The highest BCUT2D eigenvalue weighted by Gasteiger charge is 2.04. The van der Waals surface area contributed by atoms with Crippen LogP contribution in [0, 0.1) is 0 Å². The van der Waals surface area contributed by atoms with E-state index in [-0.39, 0.29) is 0 Å². The van der Waals surface area contributed by atoms with E-state index in [4.69, 9.17) is 21.1 Å². The van der Waals surface area contributed by atoms with Crippen LogP contribution in [0.4, 0.5) is 4.79 Å². The molecule has 0 atom stereocenters. The van der Waals surface area contributed by atoms with Gasteiger partial charge in [0.25, 0.3) is 0 Å². The van der Waals surface area contributed by atoms with Crippen molar-refractivity contribution in [2.45, 2.75) is 19.3 Å². The van der Waals surface area contributed by atoms with E-state index in [1.807, 2.05) is 54.6 Å². The first-order valence-corrected chi connectivity index (χ1v) is 9.60. The summed E-state index contributed by atoms with van der Waals surface area (Å²) in [5.74, 6) is 1.91. The summed E-state index contributed by atoms with van der Waals surface area (Å²) in [5, 5.41) is 3.51. The zero-order valence-corrected chi connectivity index (χ0v) is 16.2. The fourth-order valence-electron chi connectivity index (χ4n) is 2.64. The molecule has 0 spiro atoms. The van der Waals surface area contributed by atoms with Crippen molar-refractivity contribution in [3.05, 3.63) is 89.4 Å². The average molecular weight is 396 g/mol. The lowest BCUT2D eigenvalue weighted by atomic mass is 10.1. The van der Waals surface area contributed by atoms with Crippen LogP contribution in [0.5, 0.6) is 17.2 Å². The van der Waals surface area contributed by atoms with E-state index in [2.05, 4.69) is 5.32 Å². The second kappa shape index (κ2) is 10.4. The zero-order valence-electron chi connectivity index (χ0n) is 15.4. The Hall–Kier alpha value is -2.98. The van der Waals surface area contributed by atoms with Gasteiger partial charge in [-0.1, -0.05) is 41.9 Å². The minimum absolute atomic E-state index is 0.455. The Labute approximate surface area is 170 Å². The summed E-state index contributed by atoms with van der Waals surface area (Å²) in [6.45, 7) is 0.571. The third-order valence-corrected chi connectivity index (χ3v) is 4.34. The molecule has 3 aromatic carbocycles. The molecule has 144 valence electrons. The van der Waals surface area contributed by atoms with E-state index in [0.717, 1.165) is 30.0 Å². The van der Waals surface area contributed by atoms with Crippen molar-refractivity contribution in [1.29, 1.82) is 0 Å². The van der Waals surface area contributed by atoms with Crippen molar-refractivity contribution >= 4 is 17.7 Å². The molecule has 0 saturated heterocycles. The Balaban J connectivity index is 1.34. The second-order valence-corrected chi connectivity index (χ2v) is 6.72. The minimum Gasteiger partial charge on any atom is -0.457 e. The number of nitrogens with one attached hydrogen (secondary N) is 1. The standard InChI is InChI=1S/C23H22ClNO3/c24-19-11-9-18(10-12-19)6-4-5-17-25-23(26)28-22-15-13-21(14-16-22)27-20-7-2-1-3-8-20/h1-3,7-16H,4-6,17H2,(H,25,26). The molecule has 0 saturated carbocycles. The Morgan fingerprint density at radius 1 is 0.786 bits per heavy atom. The van der Waals surface area contributed by atoms with Crippen LogP contribution in [-0.2, 0) is 6.42 Å². The lowest BCUT2D eigenvalue weighted by molar-refractivity contribution is 0.200. The van der Waals surface area contributed by atoms with Crippen molar-refractivity contribution in [2.75, 3.05) is 6.54 Å². The number of amides is 1. The Kier molecular flexibility index (Phi) is 7.33. The molecule has 3 aromatic rings. The molecule has 1 N–H and O–H groups in total. The van der Waals surface area contributed by atoms with Gasteiger partial charge < -0.3 is 14.8 Å². The number of ether oxygens (including phenoxy) is 2. The van der Waals surface area contributed by atoms with Gasteiger partial charge in [0.05, 0.1) is 0 Å². The quantitative estimate of drug-likeness (QED) is 0.459. The maximum Gasteiger partial charge on any atom is 0.412 e. The molecule has 0 radical (unpaired) electrons. The van der Waals surface area contributed by atoms with Crippen LogP contribution in [0.1, 0.15) is 18.4 Å². The van der Waals surface area contributed by atoms with Crippen molar-refractivity contribution in [1.82, 2.24) is 5.32 Å². The Morgan fingerprint density at radius 3 is 2.14 bits per heavy atom. The lowest BCUT2D eigenvalue weighted by Gasteiger charge is -2.08. The molecule has 0 aromatic heterocycles. The van der Waals surface area contributed by atoms with Gasteiger partial charge in [-0.25, -0.2) is 4.79 Å². The fraction of sp³-hybridized carbons (Fsp3) is 0.174. The molecular formula is C23H22ClNO3. The summed E-state index contributed by atoms with van der Waals surface area (Å²) < 4.78 is 11.0. The largest absolute Gasteiger partial charge is 0.457 e. The van der Waals surface area contributed by atoms with Crippen LogP contribution < -0.4 is 14.8 Å². The first kappa shape index (κ1) is 19.8. The van der Waals surface area contributed by atoms with Gasteiger partial charge in [-0.15, -0.1) is 0 Å². The van der Waals surface area contributed by atoms with E-state index >= 15 is 0 Å². The van der Waals surface area contributed by atoms with Gasteiger partial charge in [0.2, 0.25) is 0 Å². The smallest absolute Gasteiger partial charge is 0.412 e. The molecule has 0 aliphatic heterocycles. The predicted octanol–water partition coefficient (Wildman–Crippen LogP) is 6.24. The van der Waals surface area contributed by atoms with E-state index in [0.29, 0.717) is 18.0 Å². The van der Waals surface area contributed by atoms with Gasteiger partial charge in [-0.3, -0.25) is 0 Å². The number of carbonyl (C=O) groups is 1. The average Bonchev–Trinajstić information content (AvgIpc) is 2.71. The molecule has 0 bridgehead atoms. The number of rotatable bonds is 8. The number of halogens is 1. The van der Waals surface area contributed by atoms with Gasteiger partial charge in [-0.05, 0) is 73.4 Å². The lowest BCUT2D eigenvalue weighted by Crippen LogP contribution is -2.27. The van der Waals surface area contributed by atoms with Gasteiger partial charge >= 0.3 is 6.09 Å². The van der Waals surface area contributed by atoms with Gasteiger partial charge in [0.1, 0.15) is 17.2 Å². The molecular weight excluding hydrogens is 374 g/mol. The number of hydrogen-bond donors (Lipinski definition) is 1. The molecule has 0 aliphatic rings. The Morgan fingerprint density at radius 2 is 1.43 bits per heavy atom. The number of carbonyl (C=O) groups excluding carboxylic acids is 1. The second-order valence-electron chi connectivity index (χ2n) is 6.29. The van der Waals surface area contributed by atoms with Crippen molar-refractivity contribution in [3.63, 3.8) is 0 Å². The van der Waals surface area contributed by atoms with Gasteiger partial charge in [0, 0.05) is 11.6 Å². The zero-order chi connectivity index (χ0) is 19.6. The summed E-state index contributed by atoms with van der Waals surface area (Å²) in [7, 11) is 0. The summed E-state index contributed by atoms with van der Waals surface area (Å²) in [5.41, 5.74) is 1.24. The topological polar surface area (TPSA) is 47.6 Å². The minimum atomic E-state index is -0.455. The van der Waals surface area contributed by atoms with E-state index in [1.54, 1.807) is 24.3 Å². The maximum absolute atomic E-state index is 11.9. The van der Waals surface area contributed by atoms with Crippen LogP contribution in [0.2, 0.25) is 5.02 Å². The van der Waals surface area contributed by atoms with Crippen molar-refractivity contribution in [2.24, 2.45) is 0 Å². The molecule has 0 fully saturated rings. The molecule has 5 heteroatoms. The van der Waals surface area contributed by atoms with Crippen LogP contribution in [0.25, 0.3) is 0 Å². The van der Waals surface area contributed by atoms with E-state index in [9.17, 15) is 4.79 Å². The normalized spacial score (nSPS) is 10.3. The maximum atomic E-state index is 11.9. The number of aryl methyl sites for hydroxylation is 1. The number of hydrogen-bond acceptors (Lipinski definition) is 3. The highest BCUT2D eigenvalue weighted by Crippen LogP contribution is 2.23. The number of benzene rings is 3. The monoisotopic (exact) mass is 395 g/mol. The molecule has 0 aliphatic carbocycles. The molecule has 4 nitrogen and oxygen atoms in total. The number of unbranched alkanes of at least 4 members (excludes halogenated alkanes) is 1. The van der Waals surface area contributed by atoms with Crippen LogP contribution in [0.15, 0.2) is 78.9 Å². The molecule has 28 heavy (non-hydrogen) atoms. The molecule has 0 unspecified atom stereocenters. The summed E-state index contributed by atoms with van der Waals surface area (Å²) >= 11 is 5.87. The van der Waals surface area contributed by atoms with Gasteiger partial charge in [0.15, 0.2) is 0 Å². The SMILES string of the molecule is O=C(NCCCCc1ccc(Cl)cc1)Oc1ccc(Oc2ccccc2)cc1. The van der Waals surface area contributed by atoms with Crippen molar-refractivity contribution < 1.29 is 14.3 Å². The van der Waals surface area contributed by atoms with E-state index in [1.165, 1.54) is 5.56 Å². The Bertz CT molecular complexity index is 865. The third kappa shape index (κ3) is 6.63. The summed E-state index contributed by atoms with van der Waals surface area (Å²) in [6, 6.07) is 24.3. The fourth-order valence-corrected chi connectivity index (χ4v) is 2.77. The highest BCUT2D eigenvalue weighted by atomic mass is 35.5. The molecule has 1 amide bonds. The number of para-hydroxylation sites is 1. The van der Waals surface area contributed by atoms with Crippen LogP contribution >= 0.6 is 11.6 Å². The predicted molar refractivity (Wildman–Crippen MR) is 111 cm³/mol. The molecule has 3 rings (SSSR count). The van der Waals surface area contributed by atoms with Crippen LogP contribution in [-0.4, -0.2) is 12.6 Å². The first-order valence-electron chi connectivity index (χ1n) is 9.22. The van der Waals surface area contributed by atoms with Crippen molar-refractivity contribution in [3.8, 4) is 17.2 Å². The van der Waals surface area contributed by atoms with Crippen LogP contribution in [0.3, 0.4) is 0 Å². The highest BCUT2D eigenvalue weighted by molar-refractivity contribution is 6.30. The third-order valence-electron chi connectivity index (χ3n) is 4.09. The van der Waals surface area contributed by atoms with E-state index < -0.39 is 6.09 Å². The first-order chi connectivity index (χ1) is 13.7.